The van der Waals surface area contributed by atoms with E-state index in [1.807, 2.05) is 0 Å². The van der Waals surface area contributed by atoms with Gasteiger partial charge in [0.1, 0.15) is 0 Å². The Labute approximate surface area is 95.3 Å². The van der Waals surface area contributed by atoms with E-state index >= 15 is 0 Å². The number of hydrogen-bond acceptors (Lipinski definition) is 4. The second kappa shape index (κ2) is 4.95. The van der Waals surface area contributed by atoms with Gasteiger partial charge in [0.05, 0.1) is 6.10 Å². The number of hydrogen-bond donors (Lipinski definition) is 1. The summed E-state index contributed by atoms with van der Waals surface area (Å²) in [4.78, 5) is 10.1. The van der Waals surface area contributed by atoms with Crippen LogP contribution in [0.2, 0.25) is 0 Å². The molecule has 0 aliphatic heterocycles. The molecule has 2 rings (SSSR count). The molecule has 1 saturated carbocycles. The Morgan fingerprint density at radius 2 is 1.88 bits per heavy atom. The molecule has 1 fully saturated rings. The smallest absolute Gasteiger partial charge is 0.237 e. The van der Waals surface area contributed by atoms with Gasteiger partial charge in [-0.2, -0.15) is 0 Å². The predicted molar refractivity (Wildman–Crippen MR) is 61.6 cm³/mol. The first-order chi connectivity index (χ1) is 7.81. The molecule has 84 valence electrons. The van der Waals surface area contributed by atoms with Crippen molar-refractivity contribution < 1.29 is 5.11 Å². The maximum absolute atomic E-state index is 9.45. The molecule has 4 heteroatoms. The van der Waals surface area contributed by atoms with E-state index in [1.165, 1.54) is 0 Å². The third kappa shape index (κ3) is 2.31. The lowest BCUT2D eigenvalue weighted by molar-refractivity contribution is 0.123. The summed E-state index contributed by atoms with van der Waals surface area (Å²) in [6.07, 6.45) is 12.1. The Bertz CT molecular complexity index is 366. The van der Waals surface area contributed by atoms with Gasteiger partial charge < -0.3 is 5.11 Å². The molecule has 0 bridgehead atoms. The van der Waals surface area contributed by atoms with Crippen LogP contribution in [0.1, 0.15) is 25.7 Å². The van der Waals surface area contributed by atoms with Crippen molar-refractivity contribution in [3.05, 3.63) is 18.5 Å². The fourth-order valence-electron chi connectivity index (χ4n) is 2.06. The summed E-state index contributed by atoms with van der Waals surface area (Å²) < 4.78 is 0. The summed E-state index contributed by atoms with van der Waals surface area (Å²) in [5, 5.41) is 9.45. The fraction of sp³-hybridized carbons (Fsp3) is 0.500. The monoisotopic (exact) mass is 217 g/mol. The molecule has 1 aliphatic rings. The molecule has 1 aromatic heterocycles. The Morgan fingerprint density at radius 1 is 1.25 bits per heavy atom. The Hall–Kier alpha value is -1.60. The van der Waals surface area contributed by atoms with E-state index in [1.54, 1.807) is 23.4 Å². The molecule has 0 aromatic carbocycles. The molecule has 16 heavy (non-hydrogen) atoms. The van der Waals surface area contributed by atoms with E-state index < -0.39 is 0 Å². The highest BCUT2D eigenvalue weighted by Crippen LogP contribution is 2.24. The first-order valence-electron chi connectivity index (χ1n) is 5.52. The standard InChI is InChI=1S/C12H15N3O/c1-2-15(12-13-8-3-9-14-12)10-4-6-11(16)7-5-10/h1,3,8-11,16H,4-7H2. The van der Waals surface area contributed by atoms with Gasteiger partial charge in [0.15, 0.2) is 0 Å². The molecule has 1 N–H and O–H groups in total. The number of aromatic nitrogens is 2. The minimum absolute atomic E-state index is 0.174. The zero-order valence-electron chi connectivity index (χ0n) is 9.08. The van der Waals surface area contributed by atoms with Crippen LogP contribution in [-0.2, 0) is 0 Å². The van der Waals surface area contributed by atoms with Gasteiger partial charge in [-0.05, 0) is 31.7 Å². The van der Waals surface area contributed by atoms with Gasteiger partial charge in [0.2, 0.25) is 5.95 Å². The molecular formula is C12H15N3O. The molecule has 0 radical (unpaired) electrons. The molecule has 0 unspecified atom stereocenters. The van der Waals surface area contributed by atoms with Gasteiger partial charge in [0.25, 0.3) is 0 Å². The molecule has 4 nitrogen and oxygen atoms in total. The van der Waals surface area contributed by atoms with Crippen LogP contribution in [0.5, 0.6) is 0 Å². The van der Waals surface area contributed by atoms with Crippen molar-refractivity contribution in [2.24, 2.45) is 0 Å². The summed E-state index contributed by atoms with van der Waals surface area (Å²) in [6.45, 7) is 0. The van der Waals surface area contributed by atoms with E-state index in [-0.39, 0.29) is 12.1 Å². The predicted octanol–water partition coefficient (Wildman–Crippen LogP) is 1.18. The van der Waals surface area contributed by atoms with Crippen LogP contribution in [-0.4, -0.2) is 27.2 Å². The van der Waals surface area contributed by atoms with Gasteiger partial charge in [-0.25, -0.2) is 9.97 Å². The summed E-state index contributed by atoms with van der Waals surface area (Å²) >= 11 is 0. The minimum atomic E-state index is -0.174. The largest absolute Gasteiger partial charge is 0.393 e. The van der Waals surface area contributed by atoms with Crippen LogP contribution in [0.25, 0.3) is 0 Å². The molecule has 0 atom stereocenters. The van der Waals surface area contributed by atoms with Crippen molar-refractivity contribution in [1.29, 1.82) is 0 Å². The zero-order chi connectivity index (χ0) is 11.4. The fourth-order valence-corrected chi connectivity index (χ4v) is 2.06. The Morgan fingerprint density at radius 3 is 2.44 bits per heavy atom. The van der Waals surface area contributed by atoms with E-state index in [9.17, 15) is 5.11 Å². The van der Waals surface area contributed by atoms with Crippen molar-refractivity contribution in [2.75, 3.05) is 4.90 Å². The number of nitrogens with zero attached hydrogens (tertiary/aromatic N) is 3. The Balaban J connectivity index is 2.09. The molecule has 0 amide bonds. The lowest BCUT2D eigenvalue weighted by Gasteiger charge is -2.31. The van der Waals surface area contributed by atoms with Gasteiger partial charge in [-0.15, -0.1) is 0 Å². The van der Waals surface area contributed by atoms with E-state index in [0.717, 1.165) is 25.7 Å². The van der Waals surface area contributed by atoms with Crippen molar-refractivity contribution in [3.63, 3.8) is 0 Å². The van der Waals surface area contributed by atoms with Crippen LogP contribution >= 0.6 is 0 Å². The molecule has 1 aliphatic carbocycles. The highest BCUT2D eigenvalue weighted by atomic mass is 16.3. The van der Waals surface area contributed by atoms with Crippen molar-refractivity contribution >= 4 is 5.95 Å². The highest BCUT2D eigenvalue weighted by Gasteiger charge is 2.25. The highest BCUT2D eigenvalue weighted by molar-refractivity contribution is 5.39. The van der Waals surface area contributed by atoms with E-state index in [2.05, 4.69) is 16.0 Å². The van der Waals surface area contributed by atoms with E-state index in [0.29, 0.717) is 5.95 Å². The average Bonchev–Trinajstić information content (AvgIpc) is 2.34. The summed E-state index contributed by atoms with van der Waals surface area (Å²) in [6, 6.07) is 4.64. The van der Waals surface area contributed by atoms with Crippen LogP contribution in [0.3, 0.4) is 0 Å². The number of aliphatic hydroxyl groups is 1. The normalized spacial score (nSPS) is 24.8. The summed E-state index contributed by atoms with van der Waals surface area (Å²) in [5.74, 6) is 0.575. The zero-order valence-corrected chi connectivity index (χ0v) is 9.08. The van der Waals surface area contributed by atoms with Gasteiger partial charge >= 0.3 is 0 Å². The molecular weight excluding hydrogens is 202 g/mol. The summed E-state index contributed by atoms with van der Waals surface area (Å²) in [5.41, 5.74) is 0. The lowest BCUT2D eigenvalue weighted by Crippen LogP contribution is -2.36. The molecule has 1 heterocycles. The number of terminal acetylenes is 1. The number of anilines is 1. The molecule has 1 aromatic rings. The first kappa shape index (κ1) is 10.9. The van der Waals surface area contributed by atoms with Gasteiger partial charge in [-0.1, -0.05) is 6.42 Å². The maximum atomic E-state index is 9.45. The van der Waals surface area contributed by atoms with Crippen molar-refractivity contribution in [2.45, 2.75) is 37.8 Å². The quantitative estimate of drug-likeness (QED) is 0.597. The van der Waals surface area contributed by atoms with Gasteiger partial charge in [-0.3, -0.25) is 4.90 Å². The van der Waals surface area contributed by atoms with Crippen LogP contribution < -0.4 is 4.90 Å². The van der Waals surface area contributed by atoms with E-state index in [4.69, 9.17) is 6.42 Å². The SMILES string of the molecule is C#CN(c1ncccn1)C1CCC(O)CC1. The first-order valence-corrected chi connectivity index (χ1v) is 5.52. The second-order valence-corrected chi connectivity index (χ2v) is 4.01. The van der Waals surface area contributed by atoms with Gasteiger partial charge in [0, 0.05) is 24.5 Å². The van der Waals surface area contributed by atoms with Crippen LogP contribution in [0.15, 0.2) is 18.5 Å². The molecule has 0 saturated heterocycles. The van der Waals surface area contributed by atoms with Crippen LogP contribution in [0, 0.1) is 12.5 Å². The number of aliphatic hydroxyl groups excluding tert-OH is 1. The minimum Gasteiger partial charge on any atom is -0.393 e. The van der Waals surface area contributed by atoms with Crippen molar-refractivity contribution in [3.8, 4) is 12.5 Å². The maximum Gasteiger partial charge on any atom is 0.237 e. The second-order valence-electron chi connectivity index (χ2n) is 4.01. The topological polar surface area (TPSA) is 49.2 Å². The third-order valence-corrected chi connectivity index (χ3v) is 2.94. The average molecular weight is 217 g/mol. The number of rotatable bonds is 2. The molecule has 0 spiro atoms. The summed E-state index contributed by atoms with van der Waals surface area (Å²) in [7, 11) is 0. The van der Waals surface area contributed by atoms with Crippen LogP contribution in [0.4, 0.5) is 5.95 Å². The van der Waals surface area contributed by atoms with Crippen molar-refractivity contribution in [1.82, 2.24) is 9.97 Å². The Kier molecular flexibility index (Phi) is 3.37. The lowest BCUT2D eigenvalue weighted by atomic mass is 9.92. The third-order valence-electron chi connectivity index (χ3n) is 2.94.